The topological polar surface area (TPSA) is 26.0 Å². The largest absolute Gasteiger partial charge is 0.382 e. The van der Waals surface area contributed by atoms with Gasteiger partial charge < -0.3 is 5.73 Å². The van der Waals surface area contributed by atoms with Gasteiger partial charge in [-0.15, -0.1) is 0 Å². The van der Waals surface area contributed by atoms with Gasteiger partial charge in [-0.3, -0.25) is 0 Å². The first kappa shape index (κ1) is 31.6. The minimum Gasteiger partial charge on any atom is -0.323 e. The highest BCUT2D eigenvalue weighted by Gasteiger charge is 3.15. The van der Waals surface area contributed by atoms with Gasteiger partial charge in [-0.25, -0.2) is 13.2 Å². The molecule has 20 heteroatoms. The fraction of sp³-hybridized carbons (Fsp3) is 1.00. The van der Waals surface area contributed by atoms with Crippen molar-refractivity contribution in [1.29, 1.82) is 0 Å². The number of nitrogens with two attached hydrogens (primary N) is 1. The zero-order valence-corrected chi connectivity index (χ0v) is 19.1. The number of rotatable bonds is 0. The van der Waals surface area contributed by atoms with Crippen LogP contribution in [0.1, 0.15) is 32.1 Å². The van der Waals surface area contributed by atoms with E-state index in [1.165, 1.54) is 6.42 Å². The molecule has 0 amide bonds. The highest BCUT2D eigenvalue weighted by atomic mass is 19.4. The molecular weight excluding hydrogens is 615 g/mol. The fourth-order valence-corrected chi connectivity index (χ4v) is 6.96. The summed E-state index contributed by atoms with van der Waals surface area (Å²) < 4.78 is 254. The lowest BCUT2D eigenvalue weighted by Gasteiger charge is -2.63. The van der Waals surface area contributed by atoms with Crippen molar-refractivity contribution in [1.82, 2.24) is 0 Å². The maximum absolute atomic E-state index is 14.2. The zero-order chi connectivity index (χ0) is 31.3. The predicted molar refractivity (Wildman–Crippen MR) is 92.6 cm³/mol. The number of alkyl halides is 19. The van der Waals surface area contributed by atoms with Gasteiger partial charge in [-0.2, -0.15) is 70.2 Å². The maximum atomic E-state index is 14.2. The SMILES string of the molecule is FC1(F)C(F)(F)C(F)(F)C2(F)C(F)(F)C(F)(F)C(F)(F)C(F)(F)C2(F)C1(F)F.NC12CC3CC(CC(C3)C1F)C2. The summed E-state index contributed by atoms with van der Waals surface area (Å²) in [5.74, 6) is -65.0. The molecule has 3 atom stereocenters. The molecule has 6 rings (SSSR count). The molecule has 4 bridgehead atoms. The van der Waals surface area contributed by atoms with E-state index in [2.05, 4.69) is 0 Å². The molecule has 0 aromatic rings. The molecule has 2 N–H and O–H groups in total. The summed E-state index contributed by atoms with van der Waals surface area (Å²) in [5, 5.41) is 0. The quantitative estimate of drug-likeness (QED) is 0.278. The summed E-state index contributed by atoms with van der Waals surface area (Å²) in [4.78, 5) is 0. The molecule has 6 aliphatic carbocycles. The second-order valence-electron chi connectivity index (χ2n) is 11.2. The van der Waals surface area contributed by atoms with E-state index in [1.807, 2.05) is 0 Å². The van der Waals surface area contributed by atoms with Crippen LogP contribution in [0.5, 0.6) is 0 Å². The van der Waals surface area contributed by atoms with Gasteiger partial charge in [0.15, 0.2) is 0 Å². The molecule has 3 unspecified atom stereocenters. The third kappa shape index (κ3) is 2.77. The number of hydrogen-bond acceptors (Lipinski definition) is 1. The summed E-state index contributed by atoms with van der Waals surface area (Å²) in [7, 11) is 0. The first-order valence-corrected chi connectivity index (χ1v) is 11.3. The summed E-state index contributed by atoms with van der Waals surface area (Å²) >= 11 is 0. The van der Waals surface area contributed by atoms with Crippen molar-refractivity contribution < 1.29 is 83.4 Å². The minimum absolute atomic E-state index is 0.321. The van der Waals surface area contributed by atoms with E-state index in [0.29, 0.717) is 5.92 Å². The van der Waals surface area contributed by atoms with Crippen molar-refractivity contribution >= 4 is 0 Å². The van der Waals surface area contributed by atoms with E-state index >= 15 is 0 Å². The van der Waals surface area contributed by atoms with Gasteiger partial charge in [0.25, 0.3) is 11.3 Å². The van der Waals surface area contributed by atoms with Gasteiger partial charge in [-0.1, -0.05) is 0 Å². The van der Waals surface area contributed by atoms with Crippen LogP contribution in [0, 0.1) is 17.8 Å². The molecule has 6 aliphatic rings. The van der Waals surface area contributed by atoms with Crippen LogP contribution in [0.4, 0.5) is 83.4 Å². The van der Waals surface area contributed by atoms with Gasteiger partial charge >= 0.3 is 47.4 Å². The fourth-order valence-electron chi connectivity index (χ4n) is 6.96. The lowest BCUT2D eigenvalue weighted by molar-refractivity contribution is -0.560. The van der Waals surface area contributed by atoms with Crippen molar-refractivity contribution in [3.8, 4) is 0 Å². The molecule has 6 fully saturated rings. The molecule has 0 aromatic heterocycles. The highest BCUT2D eigenvalue weighted by Crippen LogP contribution is 2.81. The third-order valence-electron chi connectivity index (χ3n) is 8.81. The molecule has 1 nitrogen and oxygen atoms in total. The highest BCUT2D eigenvalue weighted by molar-refractivity contribution is 5.42. The second kappa shape index (κ2) is 7.58. The molecule has 0 aliphatic heterocycles. The monoisotopic (exact) mass is 631 g/mol. The van der Waals surface area contributed by atoms with Gasteiger partial charge in [0.2, 0.25) is 0 Å². The third-order valence-corrected chi connectivity index (χ3v) is 8.81. The Morgan fingerprint density at radius 2 is 0.650 bits per heavy atom. The van der Waals surface area contributed by atoms with Crippen LogP contribution >= 0.6 is 0 Å². The standard InChI is InChI=1S/C10F18.C10H16FN/c11-1-2(12,5(17,18)9(25,26)7(21,22)3(1,13)14)6(19,20)10(27,28)8(23,24)4(1,15)16;11-9-8-2-6-1-7(3-8)5-10(9,12)4-6/h;6-9H,1-5,12H2. The van der Waals surface area contributed by atoms with E-state index in [0.717, 1.165) is 37.5 Å². The summed E-state index contributed by atoms with van der Waals surface area (Å²) in [6.45, 7) is 0. The van der Waals surface area contributed by atoms with Crippen LogP contribution in [-0.4, -0.2) is 70.4 Å². The Morgan fingerprint density at radius 3 is 0.875 bits per heavy atom. The Labute approximate surface area is 210 Å². The molecular formula is C20H16F19N. The van der Waals surface area contributed by atoms with E-state index in [4.69, 9.17) is 5.73 Å². The van der Waals surface area contributed by atoms with Crippen molar-refractivity contribution in [3.05, 3.63) is 0 Å². The van der Waals surface area contributed by atoms with Gasteiger partial charge in [0, 0.05) is 5.54 Å². The zero-order valence-electron chi connectivity index (χ0n) is 19.1. The van der Waals surface area contributed by atoms with Crippen LogP contribution in [0.25, 0.3) is 0 Å². The predicted octanol–water partition coefficient (Wildman–Crippen LogP) is 7.37. The lowest BCUT2D eigenvalue weighted by Crippen LogP contribution is -2.98. The summed E-state index contributed by atoms with van der Waals surface area (Å²) in [5.41, 5.74) is -11.6. The van der Waals surface area contributed by atoms with E-state index < -0.39 is 70.4 Å². The average molecular weight is 631 g/mol. The molecule has 234 valence electrons. The Balaban J connectivity index is 0.000000251. The number of hydrogen-bond donors (Lipinski definition) is 1. The number of halogens is 19. The second-order valence-corrected chi connectivity index (χ2v) is 11.2. The normalized spacial score (nSPS) is 48.9. The van der Waals surface area contributed by atoms with Crippen molar-refractivity contribution in [2.75, 3.05) is 0 Å². The van der Waals surface area contributed by atoms with E-state index in [-0.39, 0.29) is 0 Å². The van der Waals surface area contributed by atoms with E-state index in [1.54, 1.807) is 0 Å². The molecule has 0 spiro atoms. The Hall–Kier alpha value is -1.37. The van der Waals surface area contributed by atoms with Crippen LogP contribution < -0.4 is 5.73 Å². The van der Waals surface area contributed by atoms with Crippen molar-refractivity contribution in [3.63, 3.8) is 0 Å². The van der Waals surface area contributed by atoms with Crippen LogP contribution in [0.15, 0.2) is 0 Å². The Kier molecular flexibility index (Phi) is 5.98. The molecule has 0 saturated heterocycles. The number of fused-ring (bicyclic) bond motifs is 1. The Bertz CT molecular complexity index is 940. The first-order valence-electron chi connectivity index (χ1n) is 11.3. The average Bonchev–Trinajstić information content (AvgIpc) is 2.78. The van der Waals surface area contributed by atoms with Crippen LogP contribution in [0.3, 0.4) is 0 Å². The molecule has 6 saturated carbocycles. The van der Waals surface area contributed by atoms with Crippen molar-refractivity contribution in [2.45, 2.75) is 103 Å². The van der Waals surface area contributed by atoms with Gasteiger partial charge in [-0.05, 0) is 49.9 Å². The van der Waals surface area contributed by atoms with E-state index in [9.17, 15) is 83.4 Å². The minimum atomic E-state index is -8.64. The maximum Gasteiger partial charge on any atom is 0.382 e. The van der Waals surface area contributed by atoms with Crippen LogP contribution in [0.2, 0.25) is 0 Å². The first-order chi connectivity index (χ1) is 17.4. The summed E-state index contributed by atoms with van der Waals surface area (Å²) in [6, 6.07) is 0. The molecule has 0 heterocycles. The summed E-state index contributed by atoms with van der Waals surface area (Å²) in [6.07, 6.45) is 4.81. The molecule has 0 radical (unpaired) electrons. The molecule has 0 aromatic carbocycles. The van der Waals surface area contributed by atoms with Crippen LogP contribution in [-0.2, 0) is 0 Å². The smallest absolute Gasteiger partial charge is 0.323 e. The Morgan fingerprint density at radius 1 is 0.400 bits per heavy atom. The van der Waals surface area contributed by atoms with Gasteiger partial charge in [0.1, 0.15) is 6.17 Å². The van der Waals surface area contributed by atoms with Crippen molar-refractivity contribution in [2.24, 2.45) is 23.5 Å². The van der Waals surface area contributed by atoms with Gasteiger partial charge in [0.05, 0.1) is 0 Å². The lowest BCUT2D eigenvalue weighted by atomic mass is 9.52. The molecule has 40 heavy (non-hydrogen) atoms.